The van der Waals surface area contributed by atoms with Crippen LogP contribution < -0.4 is 10.0 Å². The normalized spacial score (nSPS) is 16.2. The molecule has 1 aromatic rings. The zero-order valence-electron chi connectivity index (χ0n) is 10.1. The highest BCUT2D eigenvalue weighted by Crippen LogP contribution is 2.17. The maximum Gasteiger partial charge on any atom is 0.113 e. The first-order valence-electron chi connectivity index (χ1n) is 5.62. The van der Waals surface area contributed by atoms with Gasteiger partial charge in [-0.25, -0.2) is 4.21 Å². The Bertz CT molecular complexity index is 471. The fourth-order valence-electron chi connectivity index (χ4n) is 1.86. The summed E-state index contributed by atoms with van der Waals surface area (Å²) in [6, 6.07) is 6.13. The maximum absolute atomic E-state index is 11.1. The molecule has 17 heavy (non-hydrogen) atoms. The van der Waals surface area contributed by atoms with Gasteiger partial charge >= 0.3 is 0 Å². The molecule has 92 valence electrons. The second kappa shape index (κ2) is 5.31. The number of nitrogens with zero attached hydrogens (tertiary/aromatic N) is 1. The Balaban J connectivity index is 2.10. The lowest BCUT2D eigenvalue weighted by Gasteiger charge is -2.09. The Morgan fingerprint density at radius 3 is 2.94 bits per heavy atom. The molecule has 1 heterocycles. The first-order chi connectivity index (χ1) is 8.15. The molecule has 5 heteroatoms. The molecule has 1 aliphatic rings. The number of nitrogens with one attached hydrogen (secondary N) is 2. The first-order valence-corrected chi connectivity index (χ1v) is 7.18. The van der Waals surface area contributed by atoms with Crippen molar-refractivity contribution in [2.24, 2.45) is 4.99 Å². The van der Waals surface area contributed by atoms with E-state index in [4.69, 9.17) is 0 Å². The van der Waals surface area contributed by atoms with Crippen LogP contribution in [0, 0.1) is 6.92 Å². The number of aliphatic imine (C=N–C) groups is 1. The van der Waals surface area contributed by atoms with Gasteiger partial charge in [0.15, 0.2) is 0 Å². The van der Waals surface area contributed by atoms with Crippen LogP contribution >= 0.6 is 0 Å². The number of hydrogen-bond donors (Lipinski definition) is 2. The van der Waals surface area contributed by atoms with Gasteiger partial charge in [0.2, 0.25) is 0 Å². The van der Waals surface area contributed by atoms with Gasteiger partial charge in [0.25, 0.3) is 0 Å². The highest BCUT2D eigenvalue weighted by molar-refractivity contribution is 7.85. The van der Waals surface area contributed by atoms with E-state index in [2.05, 4.69) is 21.1 Å². The molecular formula is C12H17N3OS. The van der Waals surface area contributed by atoms with E-state index in [9.17, 15) is 4.21 Å². The number of benzene rings is 1. The standard InChI is InChI=1S/C12H17N3OS/c1-9-7-10(8-12-13-5-6-14-12)3-4-11(9)15-17(2)16/h3-4,7,15H,5-6,8H2,1-2H3,(H,13,14). The molecule has 0 amide bonds. The molecule has 0 aromatic heterocycles. The van der Waals surface area contributed by atoms with E-state index in [0.29, 0.717) is 0 Å². The Morgan fingerprint density at radius 1 is 1.53 bits per heavy atom. The summed E-state index contributed by atoms with van der Waals surface area (Å²) in [4.78, 5) is 4.37. The van der Waals surface area contributed by atoms with Gasteiger partial charge in [-0.3, -0.25) is 4.99 Å². The molecule has 0 bridgehead atoms. The molecule has 0 fully saturated rings. The third kappa shape index (κ3) is 3.30. The van der Waals surface area contributed by atoms with Crippen LogP contribution in [0.1, 0.15) is 11.1 Å². The van der Waals surface area contributed by atoms with Gasteiger partial charge in [0, 0.05) is 24.9 Å². The molecule has 4 nitrogen and oxygen atoms in total. The second-order valence-electron chi connectivity index (χ2n) is 4.14. The molecule has 2 N–H and O–H groups in total. The van der Waals surface area contributed by atoms with E-state index in [-0.39, 0.29) is 0 Å². The summed E-state index contributed by atoms with van der Waals surface area (Å²) in [7, 11) is -1.02. The van der Waals surface area contributed by atoms with Gasteiger partial charge in [-0.15, -0.1) is 0 Å². The molecular weight excluding hydrogens is 234 g/mol. The van der Waals surface area contributed by atoms with E-state index in [0.717, 1.165) is 36.6 Å². The molecule has 1 aliphatic heterocycles. The summed E-state index contributed by atoms with van der Waals surface area (Å²) in [5, 5.41) is 3.26. The van der Waals surface area contributed by atoms with Gasteiger partial charge < -0.3 is 10.0 Å². The van der Waals surface area contributed by atoms with Crippen LogP contribution in [0.5, 0.6) is 0 Å². The first kappa shape index (κ1) is 12.1. The molecule has 0 spiro atoms. The topological polar surface area (TPSA) is 53.5 Å². The lowest BCUT2D eigenvalue weighted by Crippen LogP contribution is -2.20. The van der Waals surface area contributed by atoms with Crippen LogP contribution in [0.3, 0.4) is 0 Å². The van der Waals surface area contributed by atoms with E-state index in [1.807, 2.05) is 19.1 Å². The molecule has 0 saturated carbocycles. The van der Waals surface area contributed by atoms with E-state index in [1.54, 1.807) is 6.26 Å². The van der Waals surface area contributed by atoms with Gasteiger partial charge in [-0.1, -0.05) is 12.1 Å². The fraction of sp³-hybridized carbons (Fsp3) is 0.417. The maximum atomic E-state index is 11.1. The van der Waals surface area contributed by atoms with Crippen molar-refractivity contribution >= 4 is 22.5 Å². The van der Waals surface area contributed by atoms with Crippen molar-refractivity contribution in [3.05, 3.63) is 29.3 Å². The van der Waals surface area contributed by atoms with Gasteiger partial charge in [-0.05, 0) is 24.1 Å². The van der Waals surface area contributed by atoms with Crippen LogP contribution in [0.15, 0.2) is 23.2 Å². The smallest absolute Gasteiger partial charge is 0.113 e. The molecule has 1 atom stereocenters. The summed E-state index contributed by atoms with van der Waals surface area (Å²) < 4.78 is 14.0. The van der Waals surface area contributed by atoms with Crippen LogP contribution in [0.25, 0.3) is 0 Å². The minimum absolute atomic E-state index is 0.844. The van der Waals surface area contributed by atoms with Crippen molar-refractivity contribution in [1.29, 1.82) is 0 Å². The Labute approximate surface area is 104 Å². The lowest BCUT2D eigenvalue weighted by molar-refractivity contribution is 0.690. The molecule has 1 aromatic carbocycles. The number of rotatable bonds is 4. The Morgan fingerprint density at radius 2 is 2.35 bits per heavy atom. The molecule has 0 radical (unpaired) electrons. The average Bonchev–Trinajstić information content (AvgIpc) is 2.74. The van der Waals surface area contributed by atoms with Crippen molar-refractivity contribution in [3.63, 3.8) is 0 Å². The van der Waals surface area contributed by atoms with Crippen LogP contribution in [-0.4, -0.2) is 29.4 Å². The van der Waals surface area contributed by atoms with Crippen molar-refractivity contribution in [2.45, 2.75) is 13.3 Å². The Hall–Kier alpha value is -1.36. The van der Waals surface area contributed by atoms with E-state index < -0.39 is 11.0 Å². The van der Waals surface area contributed by atoms with Gasteiger partial charge in [0.05, 0.1) is 6.54 Å². The summed E-state index contributed by atoms with van der Waals surface area (Å²) in [6.45, 7) is 3.84. The summed E-state index contributed by atoms with van der Waals surface area (Å²) in [5.74, 6) is 1.06. The third-order valence-corrected chi connectivity index (χ3v) is 3.17. The van der Waals surface area contributed by atoms with E-state index >= 15 is 0 Å². The average molecular weight is 251 g/mol. The fourth-order valence-corrected chi connectivity index (χ4v) is 2.40. The van der Waals surface area contributed by atoms with Crippen LogP contribution in [0.4, 0.5) is 5.69 Å². The van der Waals surface area contributed by atoms with Crippen LogP contribution in [0.2, 0.25) is 0 Å². The predicted molar refractivity (Wildman–Crippen MR) is 72.9 cm³/mol. The lowest BCUT2D eigenvalue weighted by atomic mass is 10.1. The number of aryl methyl sites for hydroxylation is 1. The zero-order valence-corrected chi connectivity index (χ0v) is 10.9. The largest absolute Gasteiger partial charge is 0.372 e. The zero-order chi connectivity index (χ0) is 12.3. The predicted octanol–water partition coefficient (Wildman–Crippen LogP) is 1.24. The second-order valence-corrected chi connectivity index (χ2v) is 5.25. The summed E-state index contributed by atoms with van der Waals surface area (Å²) in [5.41, 5.74) is 3.26. The summed E-state index contributed by atoms with van der Waals surface area (Å²) >= 11 is 0. The summed E-state index contributed by atoms with van der Waals surface area (Å²) in [6.07, 6.45) is 2.47. The molecule has 0 saturated heterocycles. The van der Waals surface area contributed by atoms with Crippen molar-refractivity contribution in [2.75, 3.05) is 24.1 Å². The third-order valence-electron chi connectivity index (χ3n) is 2.66. The highest BCUT2D eigenvalue weighted by Gasteiger charge is 2.07. The minimum atomic E-state index is -1.02. The van der Waals surface area contributed by atoms with Crippen molar-refractivity contribution in [3.8, 4) is 0 Å². The van der Waals surface area contributed by atoms with Gasteiger partial charge in [0.1, 0.15) is 16.8 Å². The monoisotopic (exact) mass is 251 g/mol. The van der Waals surface area contributed by atoms with Crippen LogP contribution in [-0.2, 0) is 17.4 Å². The van der Waals surface area contributed by atoms with Crippen molar-refractivity contribution < 1.29 is 4.21 Å². The van der Waals surface area contributed by atoms with Crippen molar-refractivity contribution in [1.82, 2.24) is 5.32 Å². The number of amidine groups is 1. The quantitative estimate of drug-likeness (QED) is 0.846. The highest BCUT2D eigenvalue weighted by atomic mass is 32.2. The number of anilines is 1. The molecule has 1 unspecified atom stereocenters. The number of hydrogen-bond acceptors (Lipinski definition) is 3. The SMILES string of the molecule is Cc1cc(CC2=NCCN2)ccc1NS(C)=O. The molecule has 0 aliphatic carbocycles. The minimum Gasteiger partial charge on any atom is -0.372 e. The van der Waals surface area contributed by atoms with Gasteiger partial charge in [-0.2, -0.15) is 0 Å². The molecule has 2 rings (SSSR count). The van der Waals surface area contributed by atoms with E-state index in [1.165, 1.54) is 5.56 Å². The Kier molecular flexibility index (Phi) is 3.78.